The lowest BCUT2D eigenvalue weighted by molar-refractivity contribution is -0.138. The molecule has 3 heterocycles. The van der Waals surface area contributed by atoms with E-state index < -0.39 is 10.0 Å². The first-order valence-corrected chi connectivity index (χ1v) is 13.3. The van der Waals surface area contributed by atoms with Crippen molar-refractivity contribution in [2.75, 3.05) is 26.2 Å². The highest BCUT2D eigenvalue weighted by Crippen LogP contribution is 2.26. The van der Waals surface area contributed by atoms with Crippen LogP contribution in [-0.2, 0) is 27.8 Å². The molecule has 1 fully saturated rings. The highest BCUT2D eigenvalue weighted by molar-refractivity contribution is 7.89. The number of rotatable bonds is 6. The molecule has 4 rings (SSSR count). The molecule has 8 heteroatoms. The smallest absolute Gasteiger partial charge is 0.240 e. The minimum absolute atomic E-state index is 0.178. The largest absolute Gasteiger partial charge is 0.337 e. The number of nitrogens with one attached hydrogen (secondary N) is 1. The standard InChI is InChI=1S/C23H31N3O3S2/c1-17-5-7-21(8-6-17)31(28,29)24-14-19-4-3-11-25(15-19)18(2)23(27)26-12-9-22-20(16-26)10-13-30-22/h5-8,10,13,18-19,24H,3-4,9,11-12,14-16H2,1-2H3. The van der Waals surface area contributed by atoms with E-state index in [0.717, 1.165) is 44.5 Å². The predicted octanol–water partition coefficient (Wildman–Crippen LogP) is 3.02. The second-order valence-corrected chi connectivity index (χ2v) is 11.5. The van der Waals surface area contributed by atoms with Crippen LogP contribution in [0.1, 0.15) is 35.8 Å². The number of sulfonamides is 1. The van der Waals surface area contributed by atoms with Gasteiger partial charge >= 0.3 is 0 Å². The van der Waals surface area contributed by atoms with Crippen molar-refractivity contribution in [3.63, 3.8) is 0 Å². The van der Waals surface area contributed by atoms with Gasteiger partial charge in [-0.15, -0.1) is 11.3 Å². The molecule has 1 N–H and O–H groups in total. The van der Waals surface area contributed by atoms with Crippen molar-refractivity contribution in [3.05, 3.63) is 51.7 Å². The Bertz CT molecular complexity index is 1020. The van der Waals surface area contributed by atoms with Gasteiger partial charge in [0.2, 0.25) is 15.9 Å². The number of carbonyl (C=O) groups excluding carboxylic acids is 1. The molecule has 2 atom stereocenters. The maximum atomic E-state index is 13.1. The fourth-order valence-electron chi connectivity index (χ4n) is 4.50. The van der Waals surface area contributed by atoms with Crippen LogP contribution in [0.5, 0.6) is 0 Å². The van der Waals surface area contributed by atoms with Crippen LogP contribution >= 0.6 is 11.3 Å². The Hall–Kier alpha value is -1.74. The summed E-state index contributed by atoms with van der Waals surface area (Å²) in [5, 5.41) is 2.11. The Morgan fingerprint density at radius 3 is 2.77 bits per heavy atom. The SMILES string of the molecule is Cc1ccc(S(=O)(=O)NCC2CCCN(C(C)C(=O)N3CCc4sccc4C3)C2)cc1. The van der Waals surface area contributed by atoms with E-state index in [1.165, 1.54) is 10.4 Å². The average molecular weight is 462 g/mol. The Kier molecular flexibility index (Phi) is 6.81. The van der Waals surface area contributed by atoms with Crippen LogP contribution in [0.25, 0.3) is 0 Å². The fourth-order valence-corrected chi connectivity index (χ4v) is 6.51. The quantitative estimate of drug-likeness (QED) is 0.718. The van der Waals surface area contributed by atoms with E-state index in [1.54, 1.807) is 23.5 Å². The summed E-state index contributed by atoms with van der Waals surface area (Å²) in [7, 11) is -3.51. The van der Waals surface area contributed by atoms with Crippen molar-refractivity contribution in [2.24, 2.45) is 5.92 Å². The molecule has 6 nitrogen and oxygen atoms in total. The molecule has 0 aliphatic carbocycles. The third-order valence-corrected chi connectivity index (χ3v) is 8.93. The first-order chi connectivity index (χ1) is 14.8. The number of aryl methyl sites for hydroxylation is 1. The zero-order chi connectivity index (χ0) is 22.0. The van der Waals surface area contributed by atoms with Crippen molar-refractivity contribution in [1.82, 2.24) is 14.5 Å². The molecule has 0 radical (unpaired) electrons. The van der Waals surface area contributed by atoms with Gasteiger partial charge in [-0.1, -0.05) is 17.7 Å². The van der Waals surface area contributed by atoms with Gasteiger partial charge in [0, 0.05) is 31.1 Å². The second-order valence-electron chi connectivity index (χ2n) is 8.72. The molecule has 1 aromatic heterocycles. The summed E-state index contributed by atoms with van der Waals surface area (Å²) < 4.78 is 28.0. The fraction of sp³-hybridized carbons (Fsp3) is 0.522. The van der Waals surface area contributed by atoms with Crippen molar-refractivity contribution in [3.8, 4) is 0 Å². The Labute approximate surface area is 189 Å². The van der Waals surface area contributed by atoms with Crippen LogP contribution in [0, 0.1) is 12.8 Å². The van der Waals surface area contributed by atoms with Gasteiger partial charge in [0.25, 0.3) is 0 Å². The van der Waals surface area contributed by atoms with Crippen LogP contribution in [0.4, 0.5) is 0 Å². The molecule has 2 aliphatic heterocycles. The van der Waals surface area contributed by atoms with E-state index >= 15 is 0 Å². The minimum atomic E-state index is -3.51. The molecule has 1 aromatic carbocycles. The number of nitrogens with zero attached hydrogens (tertiary/aromatic N) is 2. The van der Waals surface area contributed by atoms with Gasteiger partial charge in [-0.05, 0) is 74.7 Å². The predicted molar refractivity (Wildman–Crippen MR) is 124 cm³/mol. The summed E-state index contributed by atoms with van der Waals surface area (Å²) in [6.07, 6.45) is 2.88. The summed E-state index contributed by atoms with van der Waals surface area (Å²) >= 11 is 1.78. The minimum Gasteiger partial charge on any atom is -0.337 e. The van der Waals surface area contributed by atoms with Crippen molar-refractivity contribution in [2.45, 2.75) is 50.6 Å². The van der Waals surface area contributed by atoms with Gasteiger partial charge in [0.1, 0.15) is 0 Å². The molecule has 1 saturated heterocycles. The van der Waals surface area contributed by atoms with Crippen molar-refractivity contribution in [1.29, 1.82) is 0 Å². The van der Waals surface area contributed by atoms with Crippen molar-refractivity contribution < 1.29 is 13.2 Å². The molecular formula is C23H31N3O3S2. The topological polar surface area (TPSA) is 69.7 Å². The zero-order valence-electron chi connectivity index (χ0n) is 18.2. The van der Waals surface area contributed by atoms with Gasteiger partial charge in [-0.25, -0.2) is 13.1 Å². The molecule has 0 saturated carbocycles. The third kappa shape index (κ3) is 5.19. The zero-order valence-corrected chi connectivity index (χ0v) is 19.8. The first-order valence-electron chi connectivity index (χ1n) is 11.0. The maximum Gasteiger partial charge on any atom is 0.240 e. The number of thiophene rings is 1. The highest BCUT2D eigenvalue weighted by atomic mass is 32.2. The lowest BCUT2D eigenvalue weighted by Crippen LogP contribution is -2.52. The molecule has 31 heavy (non-hydrogen) atoms. The molecule has 1 amide bonds. The maximum absolute atomic E-state index is 13.1. The van der Waals surface area contributed by atoms with Gasteiger partial charge in [-0.3, -0.25) is 9.69 Å². The molecule has 2 aliphatic rings. The molecule has 0 bridgehead atoms. The van der Waals surface area contributed by atoms with E-state index in [9.17, 15) is 13.2 Å². The van der Waals surface area contributed by atoms with Crippen LogP contribution in [-0.4, -0.2) is 56.3 Å². The van der Waals surface area contributed by atoms with E-state index in [2.05, 4.69) is 21.1 Å². The number of likely N-dealkylation sites (tertiary alicyclic amines) is 1. The van der Waals surface area contributed by atoms with Crippen LogP contribution in [0.3, 0.4) is 0 Å². The van der Waals surface area contributed by atoms with Crippen LogP contribution in [0.2, 0.25) is 0 Å². The molecule has 2 unspecified atom stereocenters. The second kappa shape index (κ2) is 9.40. The lowest BCUT2D eigenvalue weighted by Gasteiger charge is -2.39. The molecule has 2 aromatic rings. The van der Waals surface area contributed by atoms with Crippen LogP contribution in [0.15, 0.2) is 40.6 Å². The summed E-state index contributed by atoms with van der Waals surface area (Å²) in [6, 6.07) is 8.85. The van der Waals surface area contributed by atoms with E-state index in [4.69, 9.17) is 0 Å². The summed E-state index contributed by atoms with van der Waals surface area (Å²) in [6.45, 7) is 7.43. The monoisotopic (exact) mass is 461 g/mol. The summed E-state index contributed by atoms with van der Waals surface area (Å²) in [4.78, 5) is 19.0. The normalized spacial score (nSPS) is 21.0. The molecule has 0 spiro atoms. The number of hydrogen-bond acceptors (Lipinski definition) is 5. The van der Waals surface area contributed by atoms with E-state index in [-0.39, 0.29) is 17.9 Å². The highest BCUT2D eigenvalue weighted by Gasteiger charge is 2.32. The van der Waals surface area contributed by atoms with E-state index in [1.807, 2.05) is 30.9 Å². The number of benzene rings is 1. The molecule has 168 valence electrons. The van der Waals surface area contributed by atoms with E-state index in [0.29, 0.717) is 18.0 Å². The number of piperidine rings is 1. The Balaban J connectivity index is 1.32. The average Bonchev–Trinajstić information content (AvgIpc) is 3.25. The number of amides is 1. The number of hydrogen-bond donors (Lipinski definition) is 1. The van der Waals surface area contributed by atoms with Gasteiger partial charge in [0.05, 0.1) is 10.9 Å². The number of fused-ring (bicyclic) bond motifs is 1. The van der Waals surface area contributed by atoms with Gasteiger partial charge in [-0.2, -0.15) is 0 Å². The Morgan fingerprint density at radius 1 is 1.23 bits per heavy atom. The van der Waals surface area contributed by atoms with Gasteiger partial charge in [0.15, 0.2) is 0 Å². The first kappa shape index (κ1) is 22.5. The molecular weight excluding hydrogens is 430 g/mol. The summed E-state index contributed by atoms with van der Waals surface area (Å²) in [5.74, 6) is 0.381. The van der Waals surface area contributed by atoms with Crippen LogP contribution < -0.4 is 4.72 Å². The number of carbonyl (C=O) groups is 1. The Morgan fingerprint density at radius 2 is 2.00 bits per heavy atom. The lowest BCUT2D eigenvalue weighted by atomic mass is 9.96. The van der Waals surface area contributed by atoms with Gasteiger partial charge < -0.3 is 4.90 Å². The third-order valence-electron chi connectivity index (χ3n) is 6.47. The van der Waals surface area contributed by atoms with Crippen molar-refractivity contribution >= 4 is 27.3 Å². The summed E-state index contributed by atoms with van der Waals surface area (Å²) in [5.41, 5.74) is 2.31.